The number of aliphatic hydroxyl groups is 1. The fraction of sp³-hybridized carbons (Fsp3) is 0.947. The summed E-state index contributed by atoms with van der Waals surface area (Å²) in [5.74, 6) is -2.01. The van der Waals surface area contributed by atoms with Gasteiger partial charge >= 0.3 is 0 Å². The van der Waals surface area contributed by atoms with Gasteiger partial charge in [0, 0.05) is 27.9 Å². The normalized spacial score (nSPS) is 21.0. The highest BCUT2D eigenvalue weighted by Crippen LogP contribution is 2.34. The van der Waals surface area contributed by atoms with Gasteiger partial charge in [0.15, 0.2) is 11.6 Å². The standard InChI is InChI=1S/C19H36O5S/c1-6-7-8-9-10-11-19(23-12-13-24-19)17(21)15(2)16(20)14-25(22)18(3,4)5/h15,17,21H,6-14H2,1-5H3/t15-,17+,25?/m0/s1. The van der Waals surface area contributed by atoms with Crippen LogP contribution in [0.15, 0.2) is 0 Å². The van der Waals surface area contributed by atoms with Gasteiger partial charge in [0.2, 0.25) is 0 Å². The SMILES string of the molecule is CCCCCCCC1([C@H](O)[C@@H](C)C(=O)CS(=O)C(C)(C)C)OCCO1. The van der Waals surface area contributed by atoms with Crippen molar-refractivity contribution in [2.75, 3.05) is 19.0 Å². The molecule has 148 valence electrons. The summed E-state index contributed by atoms with van der Waals surface area (Å²) in [4.78, 5) is 12.5. The number of carbonyl (C=O) groups is 1. The zero-order chi connectivity index (χ0) is 19.1. The van der Waals surface area contributed by atoms with Crippen LogP contribution in [-0.2, 0) is 25.1 Å². The molecule has 0 aliphatic carbocycles. The lowest BCUT2D eigenvalue weighted by molar-refractivity contribution is -0.235. The van der Waals surface area contributed by atoms with Crippen molar-refractivity contribution in [3.05, 3.63) is 0 Å². The molecule has 0 aromatic heterocycles. The lowest BCUT2D eigenvalue weighted by atomic mass is 9.90. The Balaban J connectivity index is 2.66. The molecule has 0 aromatic rings. The summed E-state index contributed by atoms with van der Waals surface area (Å²) >= 11 is 0. The van der Waals surface area contributed by atoms with E-state index in [1.54, 1.807) is 6.92 Å². The van der Waals surface area contributed by atoms with E-state index in [0.29, 0.717) is 19.6 Å². The summed E-state index contributed by atoms with van der Waals surface area (Å²) in [5, 5.41) is 10.8. The first-order chi connectivity index (χ1) is 11.6. The number of ether oxygens (including phenoxy) is 2. The first-order valence-electron chi connectivity index (χ1n) is 9.51. The van der Waals surface area contributed by atoms with E-state index in [1.807, 2.05) is 20.8 Å². The molecule has 1 saturated heterocycles. The zero-order valence-electron chi connectivity index (χ0n) is 16.5. The molecule has 1 rings (SSSR count). The van der Waals surface area contributed by atoms with E-state index in [9.17, 15) is 14.1 Å². The van der Waals surface area contributed by atoms with Crippen molar-refractivity contribution in [1.29, 1.82) is 0 Å². The van der Waals surface area contributed by atoms with Gasteiger partial charge in [-0.3, -0.25) is 9.00 Å². The number of Topliss-reactive ketones (excluding diaryl/α,β-unsaturated/α-hetero) is 1. The van der Waals surface area contributed by atoms with E-state index >= 15 is 0 Å². The molecular weight excluding hydrogens is 340 g/mol. The minimum absolute atomic E-state index is 0.0473. The first-order valence-corrected chi connectivity index (χ1v) is 10.8. The van der Waals surface area contributed by atoms with E-state index in [2.05, 4.69) is 6.92 Å². The van der Waals surface area contributed by atoms with E-state index in [-0.39, 0.29) is 11.5 Å². The van der Waals surface area contributed by atoms with Gasteiger partial charge in [0.1, 0.15) is 6.10 Å². The van der Waals surface area contributed by atoms with E-state index in [4.69, 9.17) is 9.47 Å². The average molecular weight is 377 g/mol. The van der Waals surface area contributed by atoms with Crippen molar-refractivity contribution < 1.29 is 23.6 Å². The van der Waals surface area contributed by atoms with Crippen LogP contribution >= 0.6 is 0 Å². The van der Waals surface area contributed by atoms with E-state index in [0.717, 1.165) is 19.3 Å². The van der Waals surface area contributed by atoms with Crippen LogP contribution in [0.2, 0.25) is 0 Å². The average Bonchev–Trinajstić information content (AvgIpc) is 3.02. The Hall–Kier alpha value is -0.300. The summed E-state index contributed by atoms with van der Waals surface area (Å²) in [7, 11) is -1.27. The zero-order valence-corrected chi connectivity index (χ0v) is 17.3. The van der Waals surface area contributed by atoms with E-state index in [1.165, 1.54) is 12.8 Å². The molecule has 5 nitrogen and oxygen atoms in total. The molecule has 1 N–H and O–H groups in total. The van der Waals surface area contributed by atoms with Crippen LogP contribution in [0.25, 0.3) is 0 Å². The molecule has 1 unspecified atom stereocenters. The van der Waals surface area contributed by atoms with Crippen molar-refractivity contribution in [3.8, 4) is 0 Å². The quantitative estimate of drug-likeness (QED) is 0.561. The lowest BCUT2D eigenvalue weighted by Crippen LogP contribution is -2.50. The number of carbonyl (C=O) groups excluding carboxylic acids is 1. The molecule has 0 aromatic carbocycles. The number of rotatable bonds is 11. The Bertz CT molecular complexity index is 438. The Morgan fingerprint density at radius 2 is 1.72 bits per heavy atom. The maximum absolute atomic E-state index is 12.5. The van der Waals surface area contributed by atoms with Gasteiger partial charge in [0.05, 0.1) is 19.0 Å². The van der Waals surface area contributed by atoms with Crippen molar-refractivity contribution in [3.63, 3.8) is 0 Å². The number of ketones is 1. The van der Waals surface area contributed by atoms with Crippen LogP contribution < -0.4 is 0 Å². The topological polar surface area (TPSA) is 72.8 Å². The highest BCUT2D eigenvalue weighted by Gasteiger charge is 2.47. The van der Waals surface area contributed by atoms with Crippen LogP contribution in [0.3, 0.4) is 0 Å². The molecule has 0 spiro atoms. The van der Waals surface area contributed by atoms with Gasteiger partial charge in [-0.25, -0.2) is 0 Å². The van der Waals surface area contributed by atoms with E-state index < -0.39 is 33.4 Å². The second-order valence-electron chi connectivity index (χ2n) is 7.98. The molecule has 3 atom stereocenters. The second kappa shape index (κ2) is 10.1. The smallest absolute Gasteiger partial charge is 0.195 e. The number of hydrogen-bond donors (Lipinski definition) is 1. The lowest BCUT2D eigenvalue weighted by Gasteiger charge is -2.35. The molecule has 6 heteroatoms. The Kier molecular flexibility index (Phi) is 9.23. The second-order valence-corrected chi connectivity index (χ2v) is 10.2. The molecule has 1 heterocycles. The maximum atomic E-state index is 12.5. The molecule has 0 bridgehead atoms. The molecule has 0 amide bonds. The van der Waals surface area contributed by atoms with Crippen LogP contribution in [-0.4, -0.2) is 50.7 Å². The predicted octanol–water partition coefficient (Wildman–Crippen LogP) is 3.20. The van der Waals surface area contributed by atoms with Crippen LogP contribution in [0, 0.1) is 5.92 Å². The molecule has 25 heavy (non-hydrogen) atoms. The Labute approximate surface area is 155 Å². The Morgan fingerprint density at radius 3 is 2.24 bits per heavy atom. The summed E-state index contributed by atoms with van der Waals surface area (Å²) < 4.78 is 23.3. The molecular formula is C19H36O5S. The Morgan fingerprint density at radius 1 is 1.16 bits per heavy atom. The van der Waals surface area contributed by atoms with Crippen molar-refractivity contribution in [1.82, 2.24) is 0 Å². The summed E-state index contributed by atoms with van der Waals surface area (Å²) in [5.41, 5.74) is 0. The molecule has 0 radical (unpaired) electrons. The van der Waals surface area contributed by atoms with Crippen LogP contribution in [0.5, 0.6) is 0 Å². The maximum Gasteiger partial charge on any atom is 0.195 e. The molecule has 1 aliphatic heterocycles. The third-order valence-corrected chi connectivity index (χ3v) is 6.71. The fourth-order valence-corrected chi connectivity index (χ4v) is 3.90. The van der Waals surface area contributed by atoms with Gasteiger partial charge in [0.25, 0.3) is 0 Å². The van der Waals surface area contributed by atoms with Crippen molar-refractivity contribution in [2.45, 2.75) is 89.8 Å². The third-order valence-electron chi connectivity index (χ3n) is 4.79. The summed E-state index contributed by atoms with van der Waals surface area (Å²) in [6, 6.07) is 0. The number of aliphatic hydroxyl groups excluding tert-OH is 1. The van der Waals surface area contributed by atoms with Crippen LogP contribution in [0.1, 0.15) is 73.1 Å². The number of unbranched alkanes of at least 4 members (excludes halogenated alkanes) is 4. The van der Waals surface area contributed by atoms with Gasteiger partial charge < -0.3 is 14.6 Å². The summed E-state index contributed by atoms with van der Waals surface area (Å²) in [6.07, 6.45) is 5.03. The van der Waals surface area contributed by atoms with Gasteiger partial charge in [-0.1, -0.05) is 39.5 Å². The van der Waals surface area contributed by atoms with Gasteiger partial charge in [-0.2, -0.15) is 0 Å². The first kappa shape index (κ1) is 22.7. The molecule has 1 fully saturated rings. The molecule has 0 saturated carbocycles. The third kappa shape index (κ3) is 6.74. The van der Waals surface area contributed by atoms with Crippen LogP contribution in [0.4, 0.5) is 0 Å². The monoisotopic (exact) mass is 376 g/mol. The summed E-state index contributed by atoms with van der Waals surface area (Å²) in [6.45, 7) is 10.2. The van der Waals surface area contributed by atoms with Gasteiger partial charge in [-0.05, 0) is 27.2 Å². The largest absolute Gasteiger partial charge is 0.387 e. The highest BCUT2D eigenvalue weighted by molar-refractivity contribution is 7.87. The fourth-order valence-electron chi connectivity index (χ4n) is 2.94. The van der Waals surface area contributed by atoms with Crippen molar-refractivity contribution >= 4 is 16.6 Å². The number of hydrogen-bond acceptors (Lipinski definition) is 5. The predicted molar refractivity (Wildman–Crippen MR) is 101 cm³/mol. The van der Waals surface area contributed by atoms with Gasteiger partial charge in [-0.15, -0.1) is 0 Å². The highest BCUT2D eigenvalue weighted by atomic mass is 32.2. The molecule has 1 aliphatic rings. The van der Waals surface area contributed by atoms with Crippen molar-refractivity contribution in [2.24, 2.45) is 5.92 Å². The minimum Gasteiger partial charge on any atom is -0.387 e. The minimum atomic E-state index is -1.27.